The molecular weight excluding hydrogens is 612 g/mol. The van der Waals surface area contributed by atoms with Crippen LogP contribution in [0.3, 0.4) is 0 Å². The molecule has 1 aliphatic carbocycles. The van der Waals surface area contributed by atoms with Gasteiger partial charge in [0.15, 0.2) is 0 Å². The summed E-state index contributed by atoms with van der Waals surface area (Å²) in [5.74, 6) is -0.648. The van der Waals surface area contributed by atoms with Crippen LogP contribution in [0.4, 0.5) is 5.69 Å². The van der Waals surface area contributed by atoms with Crippen LogP contribution in [-0.4, -0.2) is 53.5 Å². The third kappa shape index (κ3) is 9.68. The largest absolute Gasteiger partial charge is 0.497 e. The van der Waals surface area contributed by atoms with Crippen LogP contribution >= 0.6 is 0 Å². The van der Waals surface area contributed by atoms with E-state index in [9.17, 15) is 24.3 Å². The van der Waals surface area contributed by atoms with Crippen molar-refractivity contribution in [2.45, 2.75) is 51.2 Å². The topological polar surface area (TPSA) is 131 Å². The lowest BCUT2D eigenvalue weighted by molar-refractivity contribution is -0.137. The Labute approximate surface area is 279 Å². The number of carbonyl (C=O) groups excluding carboxylic acids is 3. The molecule has 5 rings (SSSR count). The van der Waals surface area contributed by atoms with Gasteiger partial charge < -0.3 is 29.5 Å². The SMILES string of the molecule is COc1ccc(CC(=O)Nc2ccc(C(=O)N(CC(=O)O)Cc3ccc(OC(=O)c4ccc(OC5CCCCC5)cc4)cc3)cc2)cc1. The van der Waals surface area contributed by atoms with Crippen molar-refractivity contribution in [1.29, 1.82) is 0 Å². The maximum absolute atomic E-state index is 13.3. The second kappa shape index (κ2) is 16.3. The van der Waals surface area contributed by atoms with E-state index < -0.39 is 24.4 Å². The van der Waals surface area contributed by atoms with E-state index in [1.165, 1.54) is 36.3 Å². The van der Waals surface area contributed by atoms with E-state index in [0.717, 1.165) is 24.2 Å². The first-order valence-electron chi connectivity index (χ1n) is 15.9. The molecule has 2 amide bonds. The molecule has 0 saturated heterocycles. The average Bonchev–Trinajstić information content (AvgIpc) is 3.09. The van der Waals surface area contributed by atoms with Crippen molar-refractivity contribution in [3.63, 3.8) is 0 Å². The molecule has 0 radical (unpaired) electrons. The van der Waals surface area contributed by atoms with E-state index in [-0.39, 0.29) is 30.5 Å². The second-order valence-electron chi connectivity index (χ2n) is 11.6. The molecular formula is C38H38N2O8. The zero-order valence-corrected chi connectivity index (χ0v) is 26.7. The maximum atomic E-state index is 13.3. The van der Waals surface area contributed by atoms with Gasteiger partial charge in [-0.1, -0.05) is 30.7 Å². The van der Waals surface area contributed by atoms with E-state index in [1.807, 2.05) is 12.1 Å². The molecule has 4 aromatic carbocycles. The number of rotatable bonds is 13. The molecule has 1 aliphatic rings. The summed E-state index contributed by atoms with van der Waals surface area (Å²) in [6.45, 7) is -0.501. The Bertz CT molecular complexity index is 1700. The van der Waals surface area contributed by atoms with E-state index in [1.54, 1.807) is 79.9 Å². The molecule has 1 fully saturated rings. The van der Waals surface area contributed by atoms with Gasteiger partial charge in [0.05, 0.1) is 25.2 Å². The average molecular weight is 651 g/mol. The predicted octanol–water partition coefficient (Wildman–Crippen LogP) is 6.53. The van der Waals surface area contributed by atoms with Crippen LogP contribution in [0.2, 0.25) is 0 Å². The molecule has 10 heteroatoms. The molecule has 4 aromatic rings. The van der Waals surface area contributed by atoms with E-state index in [0.29, 0.717) is 28.3 Å². The maximum Gasteiger partial charge on any atom is 0.343 e. The molecule has 0 unspecified atom stereocenters. The molecule has 10 nitrogen and oxygen atoms in total. The summed E-state index contributed by atoms with van der Waals surface area (Å²) < 4.78 is 16.7. The molecule has 0 bridgehead atoms. The fraction of sp³-hybridized carbons (Fsp3) is 0.263. The fourth-order valence-electron chi connectivity index (χ4n) is 5.47. The molecule has 1 saturated carbocycles. The van der Waals surface area contributed by atoms with Gasteiger partial charge in [0.25, 0.3) is 5.91 Å². The van der Waals surface area contributed by atoms with Gasteiger partial charge in [-0.25, -0.2) is 4.79 Å². The Kier molecular flexibility index (Phi) is 11.4. The van der Waals surface area contributed by atoms with Gasteiger partial charge in [-0.2, -0.15) is 0 Å². The summed E-state index contributed by atoms with van der Waals surface area (Å²) in [4.78, 5) is 51.3. The van der Waals surface area contributed by atoms with Gasteiger partial charge in [0.2, 0.25) is 5.91 Å². The number of esters is 1. The van der Waals surface area contributed by atoms with Gasteiger partial charge in [-0.15, -0.1) is 0 Å². The highest BCUT2D eigenvalue weighted by Crippen LogP contribution is 2.24. The lowest BCUT2D eigenvalue weighted by atomic mass is 9.98. The van der Waals surface area contributed by atoms with Gasteiger partial charge in [0.1, 0.15) is 23.8 Å². The Morgan fingerprint density at radius 1 is 0.729 bits per heavy atom. The number of hydrogen-bond donors (Lipinski definition) is 2. The minimum absolute atomic E-state index is 0.0160. The molecule has 0 heterocycles. The smallest absolute Gasteiger partial charge is 0.343 e. The normalized spacial score (nSPS) is 12.9. The summed E-state index contributed by atoms with van der Waals surface area (Å²) in [6.07, 6.45) is 6.06. The van der Waals surface area contributed by atoms with Crippen molar-refractivity contribution >= 4 is 29.4 Å². The van der Waals surface area contributed by atoms with Gasteiger partial charge in [0, 0.05) is 17.8 Å². The third-order valence-corrected chi connectivity index (χ3v) is 8.00. The van der Waals surface area contributed by atoms with Crippen molar-refractivity contribution < 1.29 is 38.5 Å². The first kappa shape index (κ1) is 33.7. The standard InChI is InChI=1S/C38H38N2O8/c1-46-31-17-7-26(8-18-31)23-35(41)39-30-15-11-28(12-16-30)37(44)40(25-36(42)43)24-27-9-19-34(20-10-27)48-38(45)29-13-21-33(22-14-29)47-32-5-3-2-4-6-32/h7-22,32H,2-6,23-25H2,1H3,(H,39,41)(H,42,43). The fourth-order valence-corrected chi connectivity index (χ4v) is 5.47. The molecule has 2 N–H and O–H groups in total. The zero-order chi connectivity index (χ0) is 33.9. The molecule has 248 valence electrons. The van der Waals surface area contributed by atoms with Crippen molar-refractivity contribution in [3.05, 3.63) is 119 Å². The lowest BCUT2D eigenvalue weighted by Crippen LogP contribution is -2.35. The highest BCUT2D eigenvalue weighted by atomic mass is 16.5. The van der Waals surface area contributed by atoms with Crippen molar-refractivity contribution in [1.82, 2.24) is 4.90 Å². The lowest BCUT2D eigenvalue weighted by Gasteiger charge is -2.23. The quantitative estimate of drug-likeness (QED) is 0.123. The van der Waals surface area contributed by atoms with Crippen LogP contribution in [0.25, 0.3) is 0 Å². The number of amides is 2. The molecule has 0 aromatic heterocycles. The van der Waals surface area contributed by atoms with Crippen molar-refractivity contribution in [3.8, 4) is 17.2 Å². The Morgan fingerprint density at radius 3 is 1.94 bits per heavy atom. The van der Waals surface area contributed by atoms with Crippen LogP contribution in [0, 0.1) is 0 Å². The van der Waals surface area contributed by atoms with E-state index in [4.69, 9.17) is 14.2 Å². The zero-order valence-electron chi connectivity index (χ0n) is 26.7. The number of hydrogen-bond acceptors (Lipinski definition) is 7. The van der Waals surface area contributed by atoms with Crippen molar-refractivity contribution in [2.24, 2.45) is 0 Å². The number of benzene rings is 4. The Morgan fingerprint density at radius 2 is 1.31 bits per heavy atom. The van der Waals surface area contributed by atoms with Gasteiger partial charge in [-0.05, 0) is 110 Å². The molecule has 0 aliphatic heterocycles. The number of aliphatic carboxylic acids is 1. The predicted molar refractivity (Wildman–Crippen MR) is 179 cm³/mol. The second-order valence-corrected chi connectivity index (χ2v) is 11.6. The number of carboxylic acid groups (broad SMARTS) is 1. The number of ether oxygens (including phenoxy) is 3. The molecule has 0 atom stereocenters. The number of carbonyl (C=O) groups is 4. The first-order valence-corrected chi connectivity index (χ1v) is 15.9. The summed E-state index contributed by atoms with van der Waals surface area (Å²) in [6, 6.07) is 26.9. The van der Waals surface area contributed by atoms with Crippen LogP contribution in [0.5, 0.6) is 17.2 Å². The van der Waals surface area contributed by atoms with Crippen LogP contribution < -0.4 is 19.5 Å². The summed E-state index contributed by atoms with van der Waals surface area (Å²) in [5.41, 5.74) is 2.63. The number of carboxylic acids is 1. The summed E-state index contributed by atoms with van der Waals surface area (Å²) >= 11 is 0. The van der Waals surface area contributed by atoms with Gasteiger partial charge >= 0.3 is 11.9 Å². The first-order chi connectivity index (χ1) is 23.2. The number of methoxy groups -OCH3 is 1. The summed E-state index contributed by atoms with van der Waals surface area (Å²) in [5, 5.41) is 12.3. The Hall–Kier alpha value is -5.64. The third-order valence-electron chi connectivity index (χ3n) is 8.00. The van der Waals surface area contributed by atoms with E-state index in [2.05, 4.69) is 5.32 Å². The summed E-state index contributed by atoms with van der Waals surface area (Å²) in [7, 11) is 1.57. The highest BCUT2D eigenvalue weighted by Gasteiger charge is 2.20. The number of nitrogens with zero attached hydrogens (tertiary/aromatic N) is 1. The monoisotopic (exact) mass is 650 g/mol. The Balaban J connectivity index is 1.15. The molecule has 0 spiro atoms. The van der Waals surface area contributed by atoms with Gasteiger partial charge in [-0.3, -0.25) is 14.4 Å². The minimum atomic E-state index is -1.16. The minimum Gasteiger partial charge on any atom is -0.497 e. The number of anilines is 1. The van der Waals surface area contributed by atoms with E-state index >= 15 is 0 Å². The molecule has 48 heavy (non-hydrogen) atoms. The number of nitrogens with one attached hydrogen (secondary N) is 1. The highest BCUT2D eigenvalue weighted by molar-refractivity contribution is 5.97. The van der Waals surface area contributed by atoms with Crippen LogP contribution in [0.1, 0.15) is 63.9 Å². The van der Waals surface area contributed by atoms with Crippen LogP contribution in [0.15, 0.2) is 97.1 Å². The van der Waals surface area contributed by atoms with Crippen LogP contribution in [-0.2, 0) is 22.6 Å². The van der Waals surface area contributed by atoms with Crippen molar-refractivity contribution in [2.75, 3.05) is 19.0 Å².